The summed E-state index contributed by atoms with van der Waals surface area (Å²) < 4.78 is 27.5. The predicted molar refractivity (Wildman–Crippen MR) is 63.9 cm³/mol. The Bertz CT molecular complexity index is 521. The van der Waals surface area contributed by atoms with Gasteiger partial charge in [0.15, 0.2) is 9.84 Å². The third-order valence-electron chi connectivity index (χ3n) is 2.54. The van der Waals surface area contributed by atoms with Crippen LogP contribution in [0.1, 0.15) is 16.8 Å². The van der Waals surface area contributed by atoms with E-state index in [2.05, 4.69) is 0 Å². The molecule has 1 aliphatic heterocycles. The van der Waals surface area contributed by atoms with Crippen LogP contribution in [0.4, 0.5) is 0 Å². The van der Waals surface area contributed by atoms with Crippen LogP contribution in [0.5, 0.6) is 0 Å². The first-order valence-corrected chi connectivity index (χ1v) is 7.33. The van der Waals surface area contributed by atoms with Gasteiger partial charge in [-0.25, -0.2) is 13.2 Å². The average Bonchev–Trinajstić information content (AvgIpc) is 2.59. The van der Waals surface area contributed by atoms with Crippen molar-refractivity contribution in [3.05, 3.63) is 34.9 Å². The third kappa shape index (κ3) is 3.20. The molecule has 1 aliphatic rings. The van der Waals surface area contributed by atoms with E-state index in [-0.39, 0.29) is 11.5 Å². The van der Waals surface area contributed by atoms with Crippen LogP contribution in [0.25, 0.3) is 0 Å². The van der Waals surface area contributed by atoms with E-state index in [0.717, 1.165) is 0 Å². The second-order valence-electron chi connectivity index (χ2n) is 3.94. The van der Waals surface area contributed by atoms with E-state index in [9.17, 15) is 13.2 Å². The fraction of sp³-hybridized carbons (Fsp3) is 0.364. The Hall–Kier alpha value is -1.07. The second-order valence-corrected chi connectivity index (χ2v) is 6.60. The summed E-state index contributed by atoms with van der Waals surface area (Å²) in [5, 5.41) is 0.532. The summed E-state index contributed by atoms with van der Waals surface area (Å²) >= 11 is 5.69. The van der Waals surface area contributed by atoms with Gasteiger partial charge in [-0.15, -0.1) is 0 Å². The van der Waals surface area contributed by atoms with E-state index in [1.54, 1.807) is 24.3 Å². The molecule has 1 heterocycles. The maximum absolute atomic E-state index is 11.7. The second kappa shape index (κ2) is 4.66. The largest absolute Gasteiger partial charge is 0.458 e. The van der Waals surface area contributed by atoms with E-state index >= 15 is 0 Å². The topological polar surface area (TPSA) is 60.4 Å². The number of ether oxygens (including phenoxy) is 1. The summed E-state index contributed by atoms with van der Waals surface area (Å²) in [5.74, 6) is -0.499. The molecule has 92 valence electrons. The quantitative estimate of drug-likeness (QED) is 0.770. The van der Waals surface area contributed by atoms with E-state index in [4.69, 9.17) is 16.3 Å². The highest BCUT2D eigenvalue weighted by molar-refractivity contribution is 7.91. The van der Waals surface area contributed by atoms with Crippen molar-refractivity contribution >= 4 is 27.4 Å². The molecule has 6 heteroatoms. The summed E-state index contributed by atoms with van der Waals surface area (Å²) in [5.41, 5.74) is 0.374. The smallest absolute Gasteiger partial charge is 0.338 e. The van der Waals surface area contributed by atoms with Crippen molar-refractivity contribution in [1.82, 2.24) is 0 Å². The monoisotopic (exact) mass is 274 g/mol. The van der Waals surface area contributed by atoms with Crippen LogP contribution in [0.3, 0.4) is 0 Å². The Balaban J connectivity index is 2.01. The molecule has 0 amide bonds. The van der Waals surface area contributed by atoms with Gasteiger partial charge in [0.05, 0.1) is 17.1 Å². The molecular weight excluding hydrogens is 264 g/mol. The van der Waals surface area contributed by atoms with Crippen molar-refractivity contribution in [2.45, 2.75) is 12.5 Å². The highest BCUT2D eigenvalue weighted by Crippen LogP contribution is 2.17. The zero-order valence-electron chi connectivity index (χ0n) is 8.93. The molecule has 0 N–H and O–H groups in total. The van der Waals surface area contributed by atoms with Crippen molar-refractivity contribution < 1.29 is 17.9 Å². The van der Waals surface area contributed by atoms with Gasteiger partial charge in [0.1, 0.15) is 6.10 Å². The Morgan fingerprint density at radius 2 is 1.94 bits per heavy atom. The predicted octanol–water partition coefficient (Wildman–Crippen LogP) is 1.68. The average molecular weight is 275 g/mol. The summed E-state index contributed by atoms with van der Waals surface area (Å²) in [6.07, 6.45) is -0.148. The lowest BCUT2D eigenvalue weighted by Crippen LogP contribution is -2.19. The number of halogens is 1. The first-order chi connectivity index (χ1) is 7.96. The lowest BCUT2D eigenvalue weighted by atomic mass is 10.2. The highest BCUT2D eigenvalue weighted by atomic mass is 35.5. The molecule has 2 rings (SSSR count). The van der Waals surface area contributed by atoms with Crippen LogP contribution >= 0.6 is 11.6 Å². The van der Waals surface area contributed by atoms with Gasteiger partial charge in [-0.2, -0.15) is 0 Å². The van der Waals surface area contributed by atoms with Gasteiger partial charge < -0.3 is 4.74 Å². The summed E-state index contributed by atoms with van der Waals surface area (Å²) in [7, 11) is -3.03. The molecule has 0 saturated carbocycles. The zero-order chi connectivity index (χ0) is 12.5. The van der Waals surface area contributed by atoms with Crippen LogP contribution in [-0.2, 0) is 14.6 Å². The maximum atomic E-state index is 11.7. The van der Waals surface area contributed by atoms with E-state index in [1.807, 2.05) is 0 Å². The molecule has 0 unspecified atom stereocenters. The Labute approximate surface area is 104 Å². The molecular formula is C11H11ClO4S. The number of carbonyl (C=O) groups excluding carboxylic acids is 1. The van der Waals surface area contributed by atoms with E-state index < -0.39 is 21.9 Å². The van der Waals surface area contributed by atoms with Crippen molar-refractivity contribution in [3.63, 3.8) is 0 Å². The van der Waals surface area contributed by atoms with Crippen LogP contribution in [-0.4, -0.2) is 32.0 Å². The van der Waals surface area contributed by atoms with E-state index in [1.165, 1.54) is 0 Å². The highest BCUT2D eigenvalue weighted by Gasteiger charge is 2.30. The van der Waals surface area contributed by atoms with Crippen molar-refractivity contribution in [2.75, 3.05) is 11.5 Å². The lowest BCUT2D eigenvalue weighted by Gasteiger charge is -2.09. The standard InChI is InChI=1S/C11H11ClO4S/c12-9-3-1-8(2-4-9)11(13)16-10-5-6-17(14,15)7-10/h1-4,10H,5-7H2/t10-/m1/s1. The molecule has 1 fully saturated rings. The van der Waals surface area contributed by atoms with Crippen LogP contribution in [0.15, 0.2) is 24.3 Å². The number of carbonyl (C=O) groups is 1. The van der Waals surface area contributed by atoms with E-state index in [0.29, 0.717) is 17.0 Å². The Morgan fingerprint density at radius 1 is 1.29 bits per heavy atom. The van der Waals surface area contributed by atoms with Crippen LogP contribution < -0.4 is 0 Å². The number of hydrogen-bond acceptors (Lipinski definition) is 4. The number of esters is 1. The van der Waals surface area contributed by atoms with Gasteiger partial charge in [0.2, 0.25) is 0 Å². The maximum Gasteiger partial charge on any atom is 0.338 e. The minimum absolute atomic E-state index is 0.0771. The summed E-state index contributed by atoms with van der Waals surface area (Å²) in [6.45, 7) is 0. The van der Waals surface area contributed by atoms with Crippen molar-refractivity contribution in [3.8, 4) is 0 Å². The fourth-order valence-electron chi connectivity index (χ4n) is 1.66. The van der Waals surface area contributed by atoms with Gasteiger partial charge in [0, 0.05) is 5.02 Å². The normalized spacial score (nSPS) is 22.3. The number of benzene rings is 1. The Kier molecular flexibility index (Phi) is 3.40. The number of hydrogen-bond donors (Lipinski definition) is 0. The molecule has 1 saturated heterocycles. The molecule has 0 aromatic heterocycles. The first kappa shape index (κ1) is 12.4. The Morgan fingerprint density at radius 3 is 2.47 bits per heavy atom. The fourth-order valence-corrected chi connectivity index (χ4v) is 3.38. The number of sulfone groups is 1. The zero-order valence-corrected chi connectivity index (χ0v) is 10.5. The molecule has 1 aromatic carbocycles. The molecule has 0 spiro atoms. The SMILES string of the molecule is O=C(O[C@@H]1CCS(=O)(=O)C1)c1ccc(Cl)cc1. The molecule has 17 heavy (non-hydrogen) atoms. The molecule has 1 atom stereocenters. The molecule has 1 aromatic rings. The van der Waals surface area contributed by atoms with Gasteiger partial charge in [-0.1, -0.05) is 11.6 Å². The lowest BCUT2D eigenvalue weighted by molar-refractivity contribution is 0.0356. The molecule has 0 radical (unpaired) electrons. The van der Waals surface area contributed by atoms with Gasteiger partial charge in [0.25, 0.3) is 0 Å². The van der Waals surface area contributed by atoms with Gasteiger partial charge >= 0.3 is 5.97 Å². The van der Waals surface area contributed by atoms with Crippen LogP contribution in [0, 0.1) is 0 Å². The summed E-state index contributed by atoms with van der Waals surface area (Å²) in [4.78, 5) is 11.7. The van der Waals surface area contributed by atoms with Crippen molar-refractivity contribution in [1.29, 1.82) is 0 Å². The van der Waals surface area contributed by atoms with Gasteiger partial charge in [-0.3, -0.25) is 0 Å². The third-order valence-corrected chi connectivity index (χ3v) is 4.53. The minimum atomic E-state index is -3.03. The molecule has 4 nitrogen and oxygen atoms in total. The van der Waals surface area contributed by atoms with Crippen LogP contribution in [0.2, 0.25) is 5.02 Å². The summed E-state index contributed by atoms with van der Waals surface area (Å²) in [6, 6.07) is 6.27. The van der Waals surface area contributed by atoms with Crippen molar-refractivity contribution in [2.24, 2.45) is 0 Å². The van der Waals surface area contributed by atoms with Gasteiger partial charge in [-0.05, 0) is 30.7 Å². The minimum Gasteiger partial charge on any atom is -0.458 e. The molecule has 0 bridgehead atoms. The number of rotatable bonds is 2. The molecule has 0 aliphatic carbocycles. The first-order valence-electron chi connectivity index (χ1n) is 5.13.